The zero-order chi connectivity index (χ0) is 15.6. The van der Waals surface area contributed by atoms with Gasteiger partial charge in [0.15, 0.2) is 0 Å². The maximum atomic E-state index is 6.14. The summed E-state index contributed by atoms with van der Waals surface area (Å²) in [6.45, 7) is 18.8. The summed E-state index contributed by atoms with van der Waals surface area (Å²) in [5.74, 6) is 1.45. The van der Waals surface area contributed by atoms with E-state index in [4.69, 9.17) is 13.3 Å². The van der Waals surface area contributed by atoms with Gasteiger partial charge in [0.25, 0.3) is 0 Å². The van der Waals surface area contributed by atoms with E-state index in [1.807, 2.05) is 6.08 Å². The Bertz CT molecular complexity index is 221. The molecule has 0 heterocycles. The van der Waals surface area contributed by atoms with E-state index in [2.05, 4.69) is 48.1 Å². The van der Waals surface area contributed by atoms with Gasteiger partial charge in [0.2, 0.25) is 0 Å². The quantitative estimate of drug-likeness (QED) is 0.392. The average molecular weight is 303 g/mol. The fourth-order valence-electron chi connectivity index (χ4n) is 1.50. The van der Waals surface area contributed by atoms with Crippen molar-refractivity contribution in [1.82, 2.24) is 0 Å². The molecule has 0 bridgehead atoms. The van der Waals surface area contributed by atoms with E-state index < -0.39 is 8.80 Å². The molecule has 0 aliphatic rings. The fourth-order valence-corrected chi connectivity index (χ4v) is 4.50. The Labute approximate surface area is 127 Å². The molecule has 4 heteroatoms. The maximum Gasteiger partial charge on any atom is 0.501 e. The number of hydrogen-bond acceptors (Lipinski definition) is 3. The highest BCUT2D eigenvalue weighted by Gasteiger charge is 2.41. The van der Waals surface area contributed by atoms with Crippen molar-refractivity contribution in [1.29, 1.82) is 0 Å². The molecule has 0 rings (SSSR count). The largest absolute Gasteiger partial charge is 0.501 e. The van der Waals surface area contributed by atoms with Crippen molar-refractivity contribution in [3.05, 3.63) is 12.7 Å². The Hall–Kier alpha value is -0.163. The van der Waals surface area contributed by atoms with E-state index in [9.17, 15) is 0 Å². The molecule has 0 saturated heterocycles. The summed E-state index contributed by atoms with van der Waals surface area (Å²) >= 11 is 0. The molecule has 0 N–H and O–H groups in total. The van der Waals surface area contributed by atoms with Crippen molar-refractivity contribution >= 4 is 8.80 Å². The normalized spacial score (nSPS) is 12.7. The van der Waals surface area contributed by atoms with Gasteiger partial charge >= 0.3 is 8.80 Å². The van der Waals surface area contributed by atoms with E-state index in [0.29, 0.717) is 37.6 Å². The first-order chi connectivity index (χ1) is 9.31. The molecule has 0 fully saturated rings. The minimum atomic E-state index is -2.58. The third-order valence-electron chi connectivity index (χ3n) is 2.56. The van der Waals surface area contributed by atoms with Gasteiger partial charge in [-0.1, -0.05) is 47.6 Å². The highest BCUT2D eigenvalue weighted by molar-refractivity contribution is 6.60. The molecule has 0 saturated carbocycles. The minimum Gasteiger partial charge on any atom is -0.373 e. The van der Waals surface area contributed by atoms with E-state index in [1.54, 1.807) is 0 Å². The summed E-state index contributed by atoms with van der Waals surface area (Å²) in [4.78, 5) is 0. The van der Waals surface area contributed by atoms with Crippen LogP contribution in [0.1, 0.15) is 48.0 Å². The van der Waals surface area contributed by atoms with E-state index in [0.717, 1.165) is 12.5 Å². The van der Waals surface area contributed by atoms with Gasteiger partial charge in [-0.2, -0.15) is 0 Å². The zero-order valence-corrected chi connectivity index (χ0v) is 15.3. The van der Waals surface area contributed by atoms with Gasteiger partial charge < -0.3 is 13.3 Å². The van der Waals surface area contributed by atoms with Crippen molar-refractivity contribution in [2.45, 2.75) is 54.0 Å². The van der Waals surface area contributed by atoms with Crippen LogP contribution in [0.3, 0.4) is 0 Å². The number of rotatable bonds is 12. The maximum absolute atomic E-state index is 6.14. The molecule has 0 amide bonds. The van der Waals surface area contributed by atoms with Crippen LogP contribution in [0.4, 0.5) is 0 Å². The van der Waals surface area contributed by atoms with Crippen LogP contribution in [0.2, 0.25) is 6.04 Å². The van der Waals surface area contributed by atoms with E-state index in [1.165, 1.54) is 0 Å². The topological polar surface area (TPSA) is 27.7 Å². The van der Waals surface area contributed by atoms with Crippen LogP contribution in [0, 0.1) is 17.8 Å². The predicted octanol–water partition coefficient (Wildman–Crippen LogP) is 4.52. The van der Waals surface area contributed by atoms with Gasteiger partial charge in [0, 0.05) is 25.9 Å². The molecule has 0 aliphatic heterocycles. The molecular weight excluding hydrogens is 268 g/mol. The third-order valence-corrected chi connectivity index (χ3v) is 5.28. The molecule has 120 valence electrons. The summed E-state index contributed by atoms with van der Waals surface area (Å²) < 4.78 is 18.4. The molecule has 0 aromatic rings. The van der Waals surface area contributed by atoms with Crippen molar-refractivity contribution < 1.29 is 13.3 Å². The fraction of sp³-hybridized carbons (Fsp3) is 0.875. The molecule has 3 nitrogen and oxygen atoms in total. The minimum absolute atomic E-state index is 0.482. The lowest BCUT2D eigenvalue weighted by Gasteiger charge is -2.31. The summed E-state index contributed by atoms with van der Waals surface area (Å²) in [5, 5.41) is 0. The molecule has 0 unspecified atom stereocenters. The molecule has 0 aromatic heterocycles. The van der Waals surface area contributed by atoms with Crippen LogP contribution in [0.25, 0.3) is 0 Å². The predicted molar refractivity (Wildman–Crippen MR) is 87.7 cm³/mol. The Morgan fingerprint density at radius 1 is 0.800 bits per heavy atom. The lowest BCUT2D eigenvalue weighted by Crippen LogP contribution is -2.48. The Kier molecular flexibility index (Phi) is 10.5. The summed E-state index contributed by atoms with van der Waals surface area (Å²) in [5.41, 5.74) is 0. The van der Waals surface area contributed by atoms with Gasteiger partial charge in [0.05, 0.1) is 0 Å². The first-order valence-electron chi connectivity index (χ1n) is 7.84. The van der Waals surface area contributed by atoms with E-state index in [-0.39, 0.29) is 0 Å². The van der Waals surface area contributed by atoms with Crippen LogP contribution in [0.15, 0.2) is 12.7 Å². The second kappa shape index (κ2) is 10.5. The van der Waals surface area contributed by atoms with Gasteiger partial charge in [-0.3, -0.25) is 0 Å². The summed E-state index contributed by atoms with van der Waals surface area (Å²) in [6, 6.07) is 0.822. The van der Waals surface area contributed by atoms with Crippen LogP contribution < -0.4 is 0 Å². The first kappa shape index (κ1) is 19.8. The van der Waals surface area contributed by atoms with Crippen molar-refractivity contribution in [2.75, 3.05) is 19.8 Å². The second-order valence-corrected chi connectivity index (χ2v) is 9.36. The first-order valence-corrected chi connectivity index (χ1v) is 9.77. The molecular formula is C16H34O3Si. The highest BCUT2D eigenvalue weighted by Crippen LogP contribution is 2.21. The standard InChI is InChI=1S/C16H34O3Si/c1-8-9-10-20(17-11-14(2)3,18-12-15(4)5)19-13-16(6)7/h8,14-16H,1,9-13H2,2-7H3. The van der Waals surface area contributed by atoms with Crippen LogP contribution in [0.5, 0.6) is 0 Å². The highest BCUT2D eigenvalue weighted by atomic mass is 28.4. The Morgan fingerprint density at radius 2 is 1.15 bits per heavy atom. The summed E-state index contributed by atoms with van der Waals surface area (Å²) in [6.07, 6.45) is 2.79. The number of hydrogen-bond donors (Lipinski definition) is 0. The lowest BCUT2D eigenvalue weighted by molar-refractivity contribution is 0.0370. The van der Waals surface area contributed by atoms with Gasteiger partial charge in [-0.15, -0.1) is 6.58 Å². The smallest absolute Gasteiger partial charge is 0.373 e. The van der Waals surface area contributed by atoms with Crippen molar-refractivity contribution in [3.8, 4) is 0 Å². The Morgan fingerprint density at radius 3 is 1.40 bits per heavy atom. The van der Waals surface area contributed by atoms with Crippen LogP contribution in [-0.2, 0) is 13.3 Å². The van der Waals surface area contributed by atoms with Gasteiger partial charge in [0.1, 0.15) is 0 Å². The third kappa shape index (κ3) is 9.70. The van der Waals surface area contributed by atoms with Crippen molar-refractivity contribution in [3.63, 3.8) is 0 Å². The Balaban J connectivity index is 4.78. The molecule has 0 aromatic carbocycles. The molecule has 0 spiro atoms. The molecule has 0 radical (unpaired) electrons. The molecule has 0 aliphatic carbocycles. The molecule has 0 atom stereocenters. The van der Waals surface area contributed by atoms with Crippen LogP contribution >= 0.6 is 0 Å². The lowest BCUT2D eigenvalue weighted by atomic mass is 10.2. The average Bonchev–Trinajstić information content (AvgIpc) is 2.36. The summed E-state index contributed by atoms with van der Waals surface area (Å²) in [7, 11) is -2.58. The van der Waals surface area contributed by atoms with E-state index >= 15 is 0 Å². The van der Waals surface area contributed by atoms with Gasteiger partial charge in [-0.25, -0.2) is 0 Å². The second-order valence-electron chi connectivity index (χ2n) is 6.62. The molecule has 20 heavy (non-hydrogen) atoms. The van der Waals surface area contributed by atoms with Crippen LogP contribution in [-0.4, -0.2) is 28.6 Å². The SMILES string of the molecule is C=CCC[Si](OCC(C)C)(OCC(C)C)OCC(C)C. The van der Waals surface area contributed by atoms with Crippen molar-refractivity contribution in [2.24, 2.45) is 17.8 Å². The monoisotopic (exact) mass is 302 g/mol. The number of allylic oxidation sites excluding steroid dienone is 1. The van der Waals surface area contributed by atoms with Gasteiger partial charge in [-0.05, 0) is 24.2 Å². The zero-order valence-electron chi connectivity index (χ0n) is 14.3.